The third-order valence-corrected chi connectivity index (χ3v) is 1.67. The highest BCUT2D eigenvalue weighted by Gasteiger charge is 1.96. The summed E-state index contributed by atoms with van der Waals surface area (Å²) in [5.74, 6) is 1.08. The average Bonchev–Trinajstić information content (AvgIpc) is 2.37. The molecule has 0 radical (unpaired) electrons. The van der Waals surface area contributed by atoms with Crippen LogP contribution in [-0.2, 0) is 6.42 Å². The van der Waals surface area contributed by atoms with Crippen molar-refractivity contribution >= 4 is 0 Å². The predicted molar refractivity (Wildman–Crippen MR) is 46.6 cm³/mol. The molecule has 0 aromatic carbocycles. The van der Waals surface area contributed by atoms with E-state index in [0.29, 0.717) is 0 Å². The van der Waals surface area contributed by atoms with Crippen LogP contribution in [0, 0.1) is 6.92 Å². The molecule has 0 spiro atoms. The van der Waals surface area contributed by atoms with Gasteiger partial charge < -0.3 is 4.42 Å². The van der Waals surface area contributed by atoms with Gasteiger partial charge in [0.2, 0.25) is 0 Å². The summed E-state index contributed by atoms with van der Waals surface area (Å²) in [6.07, 6.45) is 8.06. The van der Waals surface area contributed by atoms with Gasteiger partial charge in [-0.1, -0.05) is 19.1 Å². The van der Waals surface area contributed by atoms with Gasteiger partial charge in [-0.3, -0.25) is 0 Å². The van der Waals surface area contributed by atoms with Gasteiger partial charge in [0.15, 0.2) is 0 Å². The molecule has 0 saturated heterocycles. The second kappa shape index (κ2) is 4.02. The Morgan fingerprint density at radius 3 is 2.82 bits per heavy atom. The Labute approximate surface area is 67.7 Å². The van der Waals surface area contributed by atoms with E-state index in [2.05, 4.69) is 26.0 Å². The van der Waals surface area contributed by atoms with Crippen LogP contribution in [-0.4, -0.2) is 0 Å². The molecule has 0 unspecified atom stereocenters. The molecule has 0 aliphatic carbocycles. The molecule has 0 bridgehead atoms. The minimum atomic E-state index is 0.923. The number of aryl methyl sites for hydroxylation is 1. The molecule has 0 N–H and O–H groups in total. The molecule has 11 heavy (non-hydrogen) atoms. The Bertz CT molecular complexity index is 233. The molecule has 1 aromatic heterocycles. The number of rotatable bonds is 3. The van der Waals surface area contributed by atoms with Crippen molar-refractivity contribution in [3.8, 4) is 0 Å². The Hall–Kier alpha value is -0.980. The third kappa shape index (κ3) is 2.26. The summed E-state index contributed by atoms with van der Waals surface area (Å²) in [6.45, 7) is 4.20. The fourth-order valence-corrected chi connectivity index (χ4v) is 0.970. The van der Waals surface area contributed by atoms with Crippen LogP contribution in [0.5, 0.6) is 0 Å². The number of allylic oxidation sites excluding steroid dienone is 2. The van der Waals surface area contributed by atoms with Crippen molar-refractivity contribution in [1.29, 1.82) is 0 Å². The van der Waals surface area contributed by atoms with E-state index in [4.69, 9.17) is 4.42 Å². The summed E-state index contributed by atoms with van der Waals surface area (Å²) in [4.78, 5) is 0. The van der Waals surface area contributed by atoms with Crippen molar-refractivity contribution in [3.05, 3.63) is 35.8 Å². The van der Waals surface area contributed by atoms with Crippen LogP contribution in [0.25, 0.3) is 0 Å². The lowest BCUT2D eigenvalue weighted by atomic mass is 10.2. The fourth-order valence-electron chi connectivity index (χ4n) is 0.970. The summed E-state index contributed by atoms with van der Waals surface area (Å²) < 4.78 is 5.26. The first kappa shape index (κ1) is 8.12. The van der Waals surface area contributed by atoms with Crippen molar-refractivity contribution < 1.29 is 4.42 Å². The molecule has 60 valence electrons. The van der Waals surface area contributed by atoms with Crippen LogP contribution >= 0.6 is 0 Å². The second-order valence-electron chi connectivity index (χ2n) is 2.61. The summed E-state index contributed by atoms with van der Waals surface area (Å²) in [5, 5.41) is 0. The maximum atomic E-state index is 5.26. The van der Waals surface area contributed by atoms with Crippen molar-refractivity contribution in [1.82, 2.24) is 0 Å². The van der Waals surface area contributed by atoms with Crippen LogP contribution in [0.2, 0.25) is 0 Å². The number of furan rings is 1. The van der Waals surface area contributed by atoms with Gasteiger partial charge in [0.05, 0.1) is 6.26 Å². The highest BCUT2D eigenvalue weighted by atomic mass is 16.3. The van der Waals surface area contributed by atoms with E-state index >= 15 is 0 Å². The van der Waals surface area contributed by atoms with E-state index in [1.807, 2.05) is 6.07 Å². The van der Waals surface area contributed by atoms with Gasteiger partial charge >= 0.3 is 0 Å². The molecule has 0 aliphatic rings. The molecule has 0 atom stereocenters. The zero-order valence-corrected chi connectivity index (χ0v) is 7.13. The fraction of sp³-hybridized carbons (Fsp3) is 0.400. The summed E-state index contributed by atoms with van der Waals surface area (Å²) >= 11 is 0. The quantitative estimate of drug-likeness (QED) is 0.603. The van der Waals surface area contributed by atoms with E-state index in [-0.39, 0.29) is 0 Å². The van der Waals surface area contributed by atoms with E-state index in [1.165, 1.54) is 5.56 Å². The van der Waals surface area contributed by atoms with E-state index in [0.717, 1.165) is 18.6 Å². The van der Waals surface area contributed by atoms with Gasteiger partial charge in [-0.2, -0.15) is 0 Å². The molecule has 1 nitrogen and oxygen atoms in total. The Balaban J connectivity index is 2.50. The van der Waals surface area contributed by atoms with Crippen molar-refractivity contribution in [2.24, 2.45) is 0 Å². The Kier molecular flexibility index (Phi) is 2.96. The Morgan fingerprint density at radius 2 is 2.27 bits per heavy atom. The standard InChI is InChI=1S/C10H14O/c1-3-4-5-6-10-9(2)7-8-11-10/h4-5,7-8H,3,6H2,1-2H3/b5-4-. The highest BCUT2D eigenvalue weighted by Crippen LogP contribution is 2.09. The molecule has 0 aliphatic heterocycles. The monoisotopic (exact) mass is 150 g/mol. The van der Waals surface area contributed by atoms with Crippen LogP contribution in [0.4, 0.5) is 0 Å². The van der Waals surface area contributed by atoms with Crippen molar-refractivity contribution in [2.75, 3.05) is 0 Å². The van der Waals surface area contributed by atoms with Crippen LogP contribution < -0.4 is 0 Å². The molecule has 0 saturated carbocycles. The summed E-state index contributed by atoms with van der Waals surface area (Å²) in [6, 6.07) is 2.00. The van der Waals surface area contributed by atoms with E-state index in [1.54, 1.807) is 6.26 Å². The minimum absolute atomic E-state index is 0.923. The van der Waals surface area contributed by atoms with Crippen LogP contribution in [0.15, 0.2) is 28.9 Å². The molecule has 1 heteroatoms. The molecule has 0 amide bonds. The maximum Gasteiger partial charge on any atom is 0.110 e. The van der Waals surface area contributed by atoms with Crippen molar-refractivity contribution in [3.63, 3.8) is 0 Å². The minimum Gasteiger partial charge on any atom is -0.469 e. The van der Waals surface area contributed by atoms with Crippen LogP contribution in [0.1, 0.15) is 24.7 Å². The van der Waals surface area contributed by atoms with Gasteiger partial charge in [-0.05, 0) is 25.0 Å². The molecule has 0 fully saturated rings. The lowest BCUT2D eigenvalue weighted by molar-refractivity contribution is 0.520. The largest absolute Gasteiger partial charge is 0.469 e. The highest BCUT2D eigenvalue weighted by molar-refractivity contribution is 5.16. The van der Waals surface area contributed by atoms with E-state index < -0.39 is 0 Å². The van der Waals surface area contributed by atoms with Gasteiger partial charge in [0.25, 0.3) is 0 Å². The summed E-state index contributed by atoms with van der Waals surface area (Å²) in [5.41, 5.74) is 1.24. The zero-order valence-electron chi connectivity index (χ0n) is 7.13. The SMILES string of the molecule is CC/C=C\Cc1occc1C. The van der Waals surface area contributed by atoms with Gasteiger partial charge in [0, 0.05) is 6.42 Å². The smallest absolute Gasteiger partial charge is 0.110 e. The topological polar surface area (TPSA) is 13.1 Å². The second-order valence-corrected chi connectivity index (χ2v) is 2.61. The zero-order chi connectivity index (χ0) is 8.10. The molecule has 1 aromatic rings. The predicted octanol–water partition coefficient (Wildman–Crippen LogP) is 3.10. The van der Waals surface area contributed by atoms with Crippen LogP contribution in [0.3, 0.4) is 0 Å². The molecule has 1 heterocycles. The third-order valence-electron chi connectivity index (χ3n) is 1.67. The van der Waals surface area contributed by atoms with Crippen molar-refractivity contribution in [2.45, 2.75) is 26.7 Å². The van der Waals surface area contributed by atoms with E-state index in [9.17, 15) is 0 Å². The lowest BCUT2D eigenvalue weighted by Gasteiger charge is -1.90. The maximum absolute atomic E-state index is 5.26. The lowest BCUT2D eigenvalue weighted by Crippen LogP contribution is -1.78. The van der Waals surface area contributed by atoms with Gasteiger partial charge in [-0.15, -0.1) is 0 Å². The number of hydrogen-bond donors (Lipinski definition) is 0. The van der Waals surface area contributed by atoms with Gasteiger partial charge in [0.1, 0.15) is 5.76 Å². The first-order chi connectivity index (χ1) is 5.34. The molecular formula is C10H14O. The first-order valence-electron chi connectivity index (χ1n) is 4.02. The normalized spacial score (nSPS) is 11.1. The molecular weight excluding hydrogens is 136 g/mol. The molecule has 1 rings (SSSR count). The Morgan fingerprint density at radius 1 is 1.45 bits per heavy atom. The first-order valence-corrected chi connectivity index (χ1v) is 4.02. The number of hydrogen-bond acceptors (Lipinski definition) is 1. The van der Waals surface area contributed by atoms with Gasteiger partial charge in [-0.25, -0.2) is 0 Å². The summed E-state index contributed by atoms with van der Waals surface area (Å²) in [7, 11) is 0. The average molecular weight is 150 g/mol.